The minimum atomic E-state index is -3.38. The summed E-state index contributed by atoms with van der Waals surface area (Å²) in [6.07, 6.45) is 14.5. The molecule has 366 valence electrons. The maximum atomic E-state index is 14.6. The fourth-order valence-electron chi connectivity index (χ4n) is 12.8. The number of benzene rings is 3. The Morgan fingerprint density at radius 2 is 1.36 bits per heavy atom. The van der Waals surface area contributed by atoms with Gasteiger partial charge in [0.1, 0.15) is 6.61 Å². The van der Waals surface area contributed by atoms with Gasteiger partial charge in [-0.1, -0.05) is 145 Å². The summed E-state index contributed by atoms with van der Waals surface area (Å²) < 4.78 is 31.4. The van der Waals surface area contributed by atoms with Crippen molar-refractivity contribution in [3.8, 4) is 0 Å². The highest BCUT2D eigenvalue weighted by atomic mass is 31.2. The maximum Gasteiger partial charge on any atom is 0.309 e. The van der Waals surface area contributed by atoms with Crippen LogP contribution in [0.2, 0.25) is 0 Å². The van der Waals surface area contributed by atoms with Gasteiger partial charge in [-0.05, 0) is 134 Å². The molecule has 9 unspecified atom stereocenters. The van der Waals surface area contributed by atoms with Crippen molar-refractivity contribution in [1.82, 2.24) is 5.32 Å². The second-order valence-electron chi connectivity index (χ2n) is 20.5. The fourth-order valence-corrected chi connectivity index (χ4v) is 15.2. The van der Waals surface area contributed by atoms with E-state index < -0.39 is 13.3 Å². The number of hydrogen-bond acceptors (Lipinski definition) is 7. The lowest BCUT2D eigenvalue weighted by Gasteiger charge is -2.61. The van der Waals surface area contributed by atoms with Gasteiger partial charge in [0.2, 0.25) is 13.3 Å². The quantitative estimate of drug-likeness (QED) is 0.0857. The molecule has 3 aromatic carbocycles. The highest BCUT2D eigenvalue weighted by Gasteiger charge is 2.60. The zero-order valence-electron chi connectivity index (χ0n) is 41.8. The summed E-state index contributed by atoms with van der Waals surface area (Å²) in [5.41, 5.74) is 3.80. The third-order valence-corrected chi connectivity index (χ3v) is 18.9. The Morgan fingerprint density at radius 1 is 0.773 bits per heavy atom. The van der Waals surface area contributed by atoms with E-state index in [2.05, 4.69) is 33.0 Å². The van der Waals surface area contributed by atoms with Crippen LogP contribution >= 0.6 is 7.37 Å². The molecular formula is C57H86NO7P. The molecule has 0 aliphatic heterocycles. The normalized spacial score (nSPS) is 28.2. The number of amides is 1. The van der Waals surface area contributed by atoms with Gasteiger partial charge in [0.25, 0.3) is 0 Å². The molecule has 11 atom stereocenters. The van der Waals surface area contributed by atoms with Crippen molar-refractivity contribution < 1.29 is 33.3 Å². The number of ether oxygens (including phenoxy) is 2. The molecule has 0 bridgehead atoms. The molecule has 3 aromatic rings. The number of aliphatic hydroxyl groups is 1. The first kappa shape index (κ1) is 53.7. The van der Waals surface area contributed by atoms with E-state index in [4.69, 9.17) is 14.0 Å². The number of fused-ring (bicyclic) bond motifs is 5. The minimum Gasteiger partial charge on any atom is -0.461 e. The summed E-state index contributed by atoms with van der Waals surface area (Å²) in [5, 5.41) is 13.6. The first-order valence-corrected chi connectivity index (χ1v) is 27.8. The third-order valence-electron chi connectivity index (χ3n) is 16.4. The van der Waals surface area contributed by atoms with E-state index >= 15 is 0 Å². The van der Waals surface area contributed by atoms with Gasteiger partial charge >= 0.3 is 5.97 Å². The van der Waals surface area contributed by atoms with Crippen molar-refractivity contribution in [3.63, 3.8) is 0 Å². The second kappa shape index (κ2) is 26.5. The highest BCUT2D eigenvalue weighted by molar-refractivity contribution is 7.59. The number of methoxy groups -OCH3 is 1. The second-order valence-corrected chi connectivity index (χ2v) is 23.2. The number of carbonyl (C=O) groups is 2. The highest BCUT2D eigenvalue weighted by Crippen LogP contribution is 2.68. The van der Waals surface area contributed by atoms with Gasteiger partial charge in [-0.2, -0.15) is 0 Å². The van der Waals surface area contributed by atoms with Gasteiger partial charge in [-0.15, -0.1) is 0 Å². The molecule has 4 fully saturated rings. The molecule has 4 aliphatic carbocycles. The van der Waals surface area contributed by atoms with Crippen molar-refractivity contribution in [2.24, 2.45) is 52.3 Å². The largest absolute Gasteiger partial charge is 0.461 e. The van der Waals surface area contributed by atoms with Gasteiger partial charge in [0, 0.05) is 32.4 Å². The molecule has 9 heteroatoms. The number of esters is 1. The van der Waals surface area contributed by atoms with E-state index in [1.807, 2.05) is 105 Å². The van der Waals surface area contributed by atoms with Crippen molar-refractivity contribution >= 4 is 19.2 Å². The van der Waals surface area contributed by atoms with Crippen LogP contribution in [-0.4, -0.2) is 49.1 Å². The number of unbranched alkanes of at least 4 members (excludes halogenated alkanes) is 1. The predicted molar refractivity (Wildman–Crippen MR) is 269 cm³/mol. The summed E-state index contributed by atoms with van der Waals surface area (Å²) in [6.45, 7) is 15.3. The topological polar surface area (TPSA) is 111 Å². The number of aliphatic hydroxyl groups excluding tert-OH is 1. The van der Waals surface area contributed by atoms with Gasteiger partial charge in [-0.25, -0.2) is 0 Å². The molecule has 66 heavy (non-hydrogen) atoms. The molecular weight excluding hydrogens is 842 g/mol. The molecule has 0 aromatic heterocycles. The molecule has 0 heterocycles. The molecule has 0 radical (unpaired) electrons. The Balaban J connectivity index is 0.000000657. The Bertz CT molecular complexity index is 1910. The van der Waals surface area contributed by atoms with E-state index in [9.17, 15) is 19.3 Å². The summed E-state index contributed by atoms with van der Waals surface area (Å²) in [7, 11) is -1.68. The standard InChI is InChI=1S/C47H70NO6P.C8H10O.C2H6/c1-5-6-17-37(45(51)53-31-35-13-9-7-10-14-35)33-55(52,54-32-36-15-11-8-12-16-36)29-25-44(50)48-28-24-34(2)41-20-21-42-40-19-18-38-30-39(49)22-26-46(38,3)43(40)23-27-47(41,42)4;1-9-7-8-5-3-2-4-6-8;1-2/h7-16,34,37-43,49H,5-6,17-33H2,1-4H3,(H,48,50);2-6H,7H2,1H3;1-2H3/t34-,37?,38?,39-,40?,41?,42?,43?,46?,47?,55?;;/m1../s1. The lowest BCUT2D eigenvalue weighted by atomic mass is 9.44. The average Bonchev–Trinajstić information content (AvgIpc) is 3.70. The van der Waals surface area contributed by atoms with Crippen molar-refractivity contribution in [2.45, 2.75) is 157 Å². The fraction of sp³-hybridized carbons (Fsp3) is 0.649. The Morgan fingerprint density at radius 3 is 1.98 bits per heavy atom. The van der Waals surface area contributed by atoms with E-state index in [1.165, 1.54) is 50.5 Å². The Hall–Kier alpha value is -3.29. The van der Waals surface area contributed by atoms with Gasteiger partial charge in [-0.3, -0.25) is 14.2 Å². The Kier molecular flexibility index (Phi) is 21.5. The molecule has 2 N–H and O–H groups in total. The van der Waals surface area contributed by atoms with Crippen LogP contribution in [0.1, 0.15) is 148 Å². The van der Waals surface area contributed by atoms with E-state index in [1.54, 1.807) is 7.11 Å². The molecule has 4 saturated carbocycles. The number of nitrogens with one attached hydrogen (secondary N) is 1. The molecule has 8 nitrogen and oxygen atoms in total. The first-order valence-electron chi connectivity index (χ1n) is 25.8. The zero-order valence-corrected chi connectivity index (χ0v) is 42.7. The Labute approximate surface area is 399 Å². The van der Waals surface area contributed by atoms with Crippen molar-refractivity contribution in [1.29, 1.82) is 0 Å². The number of hydrogen-bond donors (Lipinski definition) is 2. The summed E-state index contributed by atoms with van der Waals surface area (Å²) in [6, 6.07) is 29.4. The molecule has 1 amide bonds. The third kappa shape index (κ3) is 14.6. The van der Waals surface area contributed by atoms with Gasteiger partial charge in [0.05, 0.1) is 25.2 Å². The average molecular weight is 928 g/mol. The van der Waals surface area contributed by atoms with Crippen LogP contribution in [0.25, 0.3) is 0 Å². The first-order chi connectivity index (χ1) is 31.9. The maximum absolute atomic E-state index is 14.6. The molecule has 0 spiro atoms. The molecule has 4 aliphatic rings. The molecule has 0 saturated heterocycles. The summed E-state index contributed by atoms with van der Waals surface area (Å²) in [5.74, 6) is 3.27. The van der Waals surface area contributed by atoms with Crippen LogP contribution in [0.3, 0.4) is 0 Å². The zero-order chi connectivity index (χ0) is 47.6. The van der Waals surface area contributed by atoms with Crippen LogP contribution in [0.5, 0.6) is 0 Å². The lowest BCUT2D eigenvalue weighted by molar-refractivity contribution is -0.149. The summed E-state index contributed by atoms with van der Waals surface area (Å²) >= 11 is 0. The number of rotatable bonds is 20. The molecule has 7 rings (SSSR count). The minimum absolute atomic E-state index is 0.0722. The number of carbonyl (C=O) groups excluding carboxylic acids is 2. The van der Waals surface area contributed by atoms with Gasteiger partial charge in [0.15, 0.2) is 0 Å². The monoisotopic (exact) mass is 928 g/mol. The SMILES string of the molecule is CC.CCCCC(CP(=O)(CCC(=O)NCC[C@@H](C)C1CCC2C3CCC4C[C@H](O)CCC4(C)C3CCC21C)OCc1ccccc1)C(=O)OCc1ccccc1.COCc1ccccc1. The van der Waals surface area contributed by atoms with Crippen molar-refractivity contribution in [2.75, 3.05) is 26.0 Å². The van der Waals surface area contributed by atoms with Crippen molar-refractivity contribution in [3.05, 3.63) is 108 Å². The van der Waals surface area contributed by atoms with Crippen LogP contribution in [0.4, 0.5) is 0 Å². The van der Waals surface area contributed by atoms with E-state index in [-0.39, 0.29) is 49.9 Å². The van der Waals surface area contributed by atoms with E-state index in [0.29, 0.717) is 48.2 Å². The van der Waals surface area contributed by atoms with Crippen LogP contribution in [-0.2, 0) is 48.0 Å². The summed E-state index contributed by atoms with van der Waals surface area (Å²) in [4.78, 5) is 26.7. The van der Waals surface area contributed by atoms with E-state index in [0.717, 1.165) is 61.0 Å². The van der Waals surface area contributed by atoms with Gasteiger partial charge < -0.3 is 24.4 Å². The van der Waals surface area contributed by atoms with Crippen LogP contribution in [0.15, 0.2) is 91.0 Å². The van der Waals surface area contributed by atoms with Crippen LogP contribution in [0, 0.1) is 52.3 Å². The predicted octanol–water partition coefficient (Wildman–Crippen LogP) is 13.4. The van der Waals surface area contributed by atoms with Crippen LogP contribution < -0.4 is 5.32 Å². The smallest absolute Gasteiger partial charge is 0.309 e. The lowest BCUT2D eigenvalue weighted by Crippen LogP contribution is -2.54.